The SMILES string of the molecule is B[C@@H]1O[C@@]2(C(C)O)CO[C@@H]1[C@@H]2O. The third-order valence-corrected chi connectivity index (χ3v) is 2.89. The molecule has 1 unspecified atom stereocenters. The third kappa shape index (κ3) is 0.822. The van der Waals surface area contributed by atoms with Gasteiger partial charge < -0.3 is 19.7 Å². The molecule has 0 radical (unpaired) electrons. The Labute approximate surface area is 71.9 Å². The minimum atomic E-state index is -0.871. The maximum Gasteiger partial charge on any atom is 0.145 e. The van der Waals surface area contributed by atoms with E-state index in [-0.39, 0.29) is 12.1 Å². The first-order valence-corrected chi connectivity index (χ1v) is 4.23. The quantitative estimate of drug-likeness (QED) is 0.443. The predicted molar refractivity (Wildman–Crippen MR) is 43.6 cm³/mol. The van der Waals surface area contributed by atoms with Gasteiger partial charge in [-0.1, -0.05) is 0 Å². The highest BCUT2D eigenvalue weighted by molar-refractivity contribution is 6.11. The molecule has 2 heterocycles. The summed E-state index contributed by atoms with van der Waals surface area (Å²) in [4.78, 5) is 0. The van der Waals surface area contributed by atoms with Crippen molar-refractivity contribution in [2.24, 2.45) is 0 Å². The van der Waals surface area contributed by atoms with Gasteiger partial charge in [-0.2, -0.15) is 0 Å². The van der Waals surface area contributed by atoms with Crippen molar-refractivity contribution in [2.75, 3.05) is 6.61 Å². The van der Waals surface area contributed by atoms with E-state index in [2.05, 4.69) is 0 Å². The van der Waals surface area contributed by atoms with Gasteiger partial charge in [0.1, 0.15) is 25.7 Å². The fourth-order valence-electron chi connectivity index (χ4n) is 2.06. The van der Waals surface area contributed by atoms with E-state index in [1.165, 1.54) is 0 Å². The number of aliphatic hydroxyl groups is 2. The smallest absolute Gasteiger partial charge is 0.145 e. The second-order valence-electron chi connectivity index (χ2n) is 3.67. The molecular formula is C7H13BO4. The Bertz CT molecular complexity index is 198. The van der Waals surface area contributed by atoms with Gasteiger partial charge in [-0.05, 0) is 6.92 Å². The summed E-state index contributed by atoms with van der Waals surface area (Å²) in [6, 6.07) is -0.122. The molecule has 2 bridgehead atoms. The number of hydrogen-bond donors (Lipinski definition) is 2. The summed E-state index contributed by atoms with van der Waals surface area (Å²) in [6.45, 7) is 1.91. The van der Waals surface area contributed by atoms with Crippen LogP contribution in [0.4, 0.5) is 0 Å². The topological polar surface area (TPSA) is 58.9 Å². The van der Waals surface area contributed by atoms with Gasteiger partial charge in [0.2, 0.25) is 0 Å². The predicted octanol–water partition coefficient (Wildman–Crippen LogP) is -2.14. The van der Waals surface area contributed by atoms with Crippen molar-refractivity contribution in [3.8, 4) is 0 Å². The first-order valence-electron chi connectivity index (χ1n) is 4.23. The Balaban J connectivity index is 2.27. The Morgan fingerprint density at radius 2 is 2.33 bits per heavy atom. The first kappa shape index (κ1) is 8.50. The zero-order valence-electron chi connectivity index (χ0n) is 7.23. The van der Waals surface area contributed by atoms with Gasteiger partial charge >= 0.3 is 0 Å². The van der Waals surface area contributed by atoms with Gasteiger partial charge in [0.15, 0.2) is 0 Å². The normalized spacial score (nSPS) is 54.4. The highest BCUT2D eigenvalue weighted by atomic mass is 16.6. The molecule has 68 valence electrons. The van der Waals surface area contributed by atoms with Crippen LogP contribution in [0.15, 0.2) is 0 Å². The molecule has 2 fully saturated rings. The summed E-state index contributed by atoms with van der Waals surface area (Å²) in [5.41, 5.74) is -0.871. The van der Waals surface area contributed by atoms with Crippen LogP contribution in [0.3, 0.4) is 0 Å². The molecule has 4 nitrogen and oxygen atoms in total. The van der Waals surface area contributed by atoms with Crippen molar-refractivity contribution >= 4 is 7.85 Å². The average molecular weight is 172 g/mol. The van der Waals surface area contributed by atoms with Gasteiger partial charge in [-0.3, -0.25) is 0 Å². The van der Waals surface area contributed by atoms with E-state index in [1.807, 2.05) is 7.85 Å². The molecule has 0 spiro atoms. The molecule has 0 saturated carbocycles. The van der Waals surface area contributed by atoms with E-state index in [0.29, 0.717) is 6.61 Å². The molecule has 0 aromatic rings. The molecule has 0 aromatic heterocycles. The van der Waals surface area contributed by atoms with E-state index >= 15 is 0 Å². The summed E-state index contributed by atoms with van der Waals surface area (Å²) in [5, 5.41) is 19.2. The van der Waals surface area contributed by atoms with Gasteiger partial charge in [-0.15, -0.1) is 0 Å². The average Bonchev–Trinajstić information content (AvgIpc) is 2.42. The Morgan fingerprint density at radius 3 is 2.58 bits per heavy atom. The van der Waals surface area contributed by atoms with Crippen LogP contribution in [-0.4, -0.2) is 54.6 Å². The van der Waals surface area contributed by atoms with Crippen molar-refractivity contribution in [2.45, 2.75) is 36.8 Å². The molecule has 2 N–H and O–H groups in total. The molecular weight excluding hydrogens is 159 g/mol. The van der Waals surface area contributed by atoms with Crippen molar-refractivity contribution in [1.29, 1.82) is 0 Å². The van der Waals surface area contributed by atoms with Gasteiger partial charge in [0.05, 0.1) is 18.7 Å². The second-order valence-corrected chi connectivity index (χ2v) is 3.67. The van der Waals surface area contributed by atoms with Crippen LogP contribution in [0.25, 0.3) is 0 Å². The number of hydrogen-bond acceptors (Lipinski definition) is 4. The van der Waals surface area contributed by atoms with Crippen molar-refractivity contribution in [3.63, 3.8) is 0 Å². The summed E-state index contributed by atoms with van der Waals surface area (Å²) in [7, 11) is 1.84. The maximum absolute atomic E-state index is 9.71. The molecule has 2 aliphatic rings. The van der Waals surface area contributed by atoms with Crippen LogP contribution in [0.5, 0.6) is 0 Å². The van der Waals surface area contributed by atoms with Crippen molar-refractivity contribution in [1.82, 2.24) is 0 Å². The van der Waals surface area contributed by atoms with Crippen LogP contribution in [0.2, 0.25) is 0 Å². The van der Waals surface area contributed by atoms with Crippen LogP contribution >= 0.6 is 0 Å². The maximum atomic E-state index is 9.71. The Kier molecular flexibility index (Phi) is 1.73. The van der Waals surface area contributed by atoms with E-state index < -0.39 is 17.8 Å². The molecule has 5 heteroatoms. The number of fused-ring (bicyclic) bond motifs is 2. The fraction of sp³-hybridized carbons (Fsp3) is 1.00. The van der Waals surface area contributed by atoms with E-state index in [0.717, 1.165) is 0 Å². The summed E-state index contributed by atoms with van der Waals surface area (Å²) in [5.74, 6) is 0. The van der Waals surface area contributed by atoms with Crippen molar-refractivity contribution in [3.05, 3.63) is 0 Å². The van der Waals surface area contributed by atoms with Gasteiger partial charge in [0.25, 0.3) is 0 Å². The monoisotopic (exact) mass is 172 g/mol. The Morgan fingerprint density at radius 1 is 1.67 bits per heavy atom. The van der Waals surface area contributed by atoms with Crippen molar-refractivity contribution < 1.29 is 19.7 Å². The lowest BCUT2D eigenvalue weighted by atomic mass is 9.90. The first-order chi connectivity index (χ1) is 5.58. The second kappa shape index (κ2) is 2.45. The molecule has 5 atom stereocenters. The summed E-state index contributed by atoms with van der Waals surface area (Å²) in [6.07, 6.45) is -1.64. The molecule has 2 saturated heterocycles. The van der Waals surface area contributed by atoms with Gasteiger partial charge in [-0.25, -0.2) is 0 Å². The number of aliphatic hydroxyl groups excluding tert-OH is 2. The molecule has 0 aromatic carbocycles. The van der Waals surface area contributed by atoms with Crippen LogP contribution in [0, 0.1) is 0 Å². The lowest BCUT2D eigenvalue weighted by molar-refractivity contribution is -0.163. The zero-order valence-corrected chi connectivity index (χ0v) is 7.23. The molecule has 0 amide bonds. The molecule has 2 aliphatic heterocycles. The fourth-order valence-corrected chi connectivity index (χ4v) is 2.06. The van der Waals surface area contributed by atoms with E-state index in [1.54, 1.807) is 6.92 Å². The Hall–Kier alpha value is -0.0951. The van der Waals surface area contributed by atoms with Gasteiger partial charge in [0, 0.05) is 0 Å². The highest BCUT2D eigenvalue weighted by Crippen LogP contribution is 2.40. The standard InChI is InChI=1S/C7H13BO4/c1-3(9)7-2-11-4(5(7)10)6(8)12-7/h3-6,9-10H,2,8H2,1H3/t3?,4-,5+,6-,7-/m1/s1. The molecule has 2 rings (SSSR count). The van der Waals surface area contributed by atoms with Crippen LogP contribution in [0.1, 0.15) is 6.92 Å². The molecule has 0 aliphatic carbocycles. The minimum Gasteiger partial charge on any atom is -0.390 e. The van der Waals surface area contributed by atoms with E-state index in [4.69, 9.17) is 9.47 Å². The van der Waals surface area contributed by atoms with E-state index in [9.17, 15) is 10.2 Å². The van der Waals surface area contributed by atoms with Crippen LogP contribution in [-0.2, 0) is 9.47 Å². The summed E-state index contributed by atoms with van der Waals surface area (Å²) < 4.78 is 10.8. The summed E-state index contributed by atoms with van der Waals surface area (Å²) >= 11 is 0. The third-order valence-electron chi connectivity index (χ3n) is 2.89. The van der Waals surface area contributed by atoms with Crippen LogP contribution < -0.4 is 0 Å². The number of ether oxygens (including phenoxy) is 2. The molecule has 12 heavy (non-hydrogen) atoms. The zero-order chi connectivity index (χ0) is 8.93. The highest BCUT2D eigenvalue weighted by Gasteiger charge is 2.61. The minimum absolute atomic E-state index is 0.122. The lowest BCUT2D eigenvalue weighted by Crippen LogP contribution is -2.50. The largest absolute Gasteiger partial charge is 0.390 e. The number of rotatable bonds is 1. The lowest BCUT2D eigenvalue weighted by Gasteiger charge is -2.32.